The van der Waals surface area contributed by atoms with Gasteiger partial charge in [0, 0.05) is 5.56 Å². The normalized spacial score (nSPS) is 14.1. The summed E-state index contributed by atoms with van der Waals surface area (Å²) in [6.07, 6.45) is 1.81. The van der Waals surface area contributed by atoms with Crippen molar-refractivity contribution in [3.05, 3.63) is 99.8 Å². The number of carbonyl (C=O) groups is 1. The summed E-state index contributed by atoms with van der Waals surface area (Å²) < 4.78 is 12.0. The fourth-order valence-corrected chi connectivity index (χ4v) is 3.34. The molecule has 3 nitrogen and oxygen atoms in total. The lowest BCUT2D eigenvalue weighted by atomic mass is 10.0. The molecule has 0 aromatic heterocycles. The van der Waals surface area contributed by atoms with E-state index in [-0.39, 0.29) is 5.78 Å². The van der Waals surface area contributed by atoms with Crippen molar-refractivity contribution >= 4 is 11.9 Å². The maximum atomic E-state index is 12.8. The Labute approximate surface area is 165 Å². The molecule has 0 N–H and O–H groups in total. The number of ether oxygens (including phenoxy) is 2. The maximum absolute atomic E-state index is 12.8. The zero-order valence-corrected chi connectivity index (χ0v) is 16.3. The number of ketones is 1. The van der Waals surface area contributed by atoms with Gasteiger partial charge in [-0.25, -0.2) is 0 Å². The van der Waals surface area contributed by atoms with Gasteiger partial charge in [0.25, 0.3) is 0 Å². The van der Waals surface area contributed by atoms with E-state index in [1.807, 2.05) is 62.4 Å². The van der Waals surface area contributed by atoms with Crippen molar-refractivity contribution in [1.29, 1.82) is 0 Å². The van der Waals surface area contributed by atoms with Crippen molar-refractivity contribution in [2.75, 3.05) is 0 Å². The number of carbonyl (C=O) groups excluding carboxylic acids is 1. The van der Waals surface area contributed by atoms with Gasteiger partial charge in [-0.2, -0.15) is 0 Å². The van der Waals surface area contributed by atoms with Crippen LogP contribution < -0.4 is 9.47 Å². The maximum Gasteiger partial charge on any atom is 0.231 e. The minimum absolute atomic E-state index is 0.0909. The van der Waals surface area contributed by atoms with Gasteiger partial charge in [-0.1, -0.05) is 48.5 Å². The number of benzene rings is 3. The molecule has 1 heterocycles. The minimum atomic E-state index is -0.0909. The Morgan fingerprint density at radius 3 is 2.36 bits per heavy atom. The van der Waals surface area contributed by atoms with Gasteiger partial charge in [-0.05, 0) is 61.2 Å². The van der Waals surface area contributed by atoms with E-state index in [2.05, 4.69) is 19.1 Å². The van der Waals surface area contributed by atoms with Gasteiger partial charge in [0.15, 0.2) is 5.76 Å². The van der Waals surface area contributed by atoms with Crippen LogP contribution in [0.5, 0.6) is 11.5 Å². The summed E-state index contributed by atoms with van der Waals surface area (Å²) in [5.74, 6) is 1.58. The molecular formula is C25H22O3. The lowest BCUT2D eigenvalue weighted by Crippen LogP contribution is -2.00. The smallest absolute Gasteiger partial charge is 0.231 e. The predicted octanol–water partition coefficient (Wildman–Crippen LogP) is 5.81. The van der Waals surface area contributed by atoms with Crippen LogP contribution in [0.1, 0.15) is 38.2 Å². The van der Waals surface area contributed by atoms with Crippen molar-refractivity contribution in [2.24, 2.45) is 0 Å². The van der Waals surface area contributed by atoms with Crippen molar-refractivity contribution < 1.29 is 14.3 Å². The number of allylic oxidation sites excluding steroid dienone is 1. The number of hydrogen-bond acceptors (Lipinski definition) is 3. The van der Waals surface area contributed by atoms with Crippen molar-refractivity contribution in [1.82, 2.24) is 0 Å². The quantitative estimate of drug-likeness (QED) is 0.544. The van der Waals surface area contributed by atoms with Gasteiger partial charge in [-0.15, -0.1) is 0 Å². The minimum Gasteiger partial charge on any atom is -0.488 e. The van der Waals surface area contributed by atoms with Gasteiger partial charge in [0.05, 0.1) is 5.56 Å². The number of hydrogen-bond donors (Lipinski definition) is 0. The van der Waals surface area contributed by atoms with Gasteiger partial charge in [0.1, 0.15) is 18.1 Å². The molecule has 4 rings (SSSR count). The van der Waals surface area contributed by atoms with E-state index in [0.717, 1.165) is 28.0 Å². The molecule has 0 aliphatic carbocycles. The summed E-state index contributed by atoms with van der Waals surface area (Å²) >= 11 is 0. The Hall–Kier alpha value is -3.33. The molecule has 1 aliphatic rings. The van der Waals surface area contributed by atoms with Crippen LogP contribution >= 0.6 is 0 Å². The van der Waals surface area contributed by atoms with Crippen molar-refractivity contribution in [3.63, 3.8) is 0 Å². The monoisotopic (exact) mass is 370 g/mol. The molecule has 1 aliphatic heterocycles. The second-order valence-electron chi connectivity index (χ2n) is 7.08. The Bertz CT molecular complexity index is 1090. The number of Topliss-reactive ketones (excluding diaryl/α,β-unsaturated/α-hetero) is 1. The highest BCUT2D eigenvalue weighted by atomic mass is 16.5. The number of aryl methyl sites for hydroxylation is 2. The molecule has 28 heavy (non-hydrogen) atoms. The lowest BCUT2D eigenvalue weighted by Gasteiger charge is -2.12. The van der Waals surface area contributed by atoms with E-state index in [9.17, 15) is 4.79 Å². The molecule has 0 atom stereocenters. The van der Waals surface area contributed by atoms with Crippen LogP contribution in [-0.2, 0) is 6.61 Å². The molecule has 0 unspecified atom stereocenters. The van der Waals surface area contributed by atoms with Crippen LogP contribution in [-0.4, -0.2) is 5.78 Å². The van der Waals surface area contributed by atoms with Crippen LogP contribution in [0.15, 0.2) is 66.4 Å². The van der Waals surface area contributed by atoms with Crippen molar-refractivity contribution in [2.45, 2.75) is 27.4 Å². The van der Waals surface area contributed by atoms with Gasteiger partial charge in [0.2, 0.25) is 5.78 Å². The largest absolute Gasteiger partial charge is 0.488 e. The second-order valence-corrected chi connectivity index (χ2v) is 7.08. The van der Waals surface area contributed by atoms with Gasteiger partial charge >= 0.3 is 0 Å². The third-order valence-corrected chi connectivity index (χ3v) is 5.16. The fraction of sp³-hybridized carbons (Fsp3) is 0.160. The number of fused-ring (bicyclic) bond motifs is 1. The summed E-state index contributed by atoms with van der Waals surface area (Å²) in [6.45, 7) is 6.49. The Balaban J connectivity index is 1.60. The van der Waals surface area contributed by atoms with Crippen LogP contribution in [0, 0.1) is 20.8 Å². The van der Waals surface area contributed by atoms with Crippen LogP contribution in [0.2, 0.25) is 0 Å². The van der Waals surface area contributed by atoms with Gasteiger partial charge < -0.3 is 9.47 Å². The van der Waals surface area contributed by atoms with E-state index in [1.165, 1.54) is 5.56 Å². The summed E-state index contributed by atoms with van der Waals surface area (Å²) in [5, 5.41) is 0. The van der Waals surface area contributed by atoms with E-state index < -0.39 is 0 Å². The number of rotatable bonds is 4. The van der Waals surface area contributed by atoms with E-state index in [1.54, 1.807) is 6.07 Å². The topological polar surface area (TPSA) is 35.5 Å². The second kappa shape index (κ2) is 7.35. The van der Waals surface area contributed by atoms with Crippen LogP contribution in [0.3, 0.4) is 0 Å². The molecule has 0 amide bonds. The predicted molar refractivity (Wildman–Crippen MR) is 111 cm³/mol. The zero-order chi connectivity index (χ0) is 19.7. The summed E-state index contributed by atoms with van der Waals surface area (Å²) in [5.41, 5.74) is 5.83. The molecule has 3 aromatic rings. The summed E-state index contributed by atoms with van der Waals surface area (Å²) in [4.78, 5) is 12.8. The summed E-state index contributed by atoms with van der Waals surface area (Å²) in [6, 6.07) is 19.7. The third kappa shape index (κ3) is 3.31. The first-order valence-electron chi connectivity index (χ1n) is 9.35. The fourth-order valence-electron chi connectivity index (χ4n) is 3.34. The molecule has 3 aromatic carbocycles. The Morgan fingerprint density at radius 2 is 1.61 bits per heavy atom. The lowest BCUT2D eigenvalue weighted by molar-refractivity contribution is 0.101. The highest BCUT2D eigenvalue weighted by Gasteiger charge is 2.30. The average Bonchev–Trinajstić information content (AvgIpc) is 3.01. The molecule has 0 saturated carbocycles. The first kappa shape index (κ1) is 18.1. The van der Waals surface area contributed by atoms with Crippen LogP contribution in [0.25, 0.3) is 6.08 Å². The summed E-state index contributed by atoms with van der Waals surface area (Å²) in [7, 11) is 0. The average molecular weight is 370 g/mol. The molecule has 140 valence electrons. The Kier molecular flexibility index (Phi) is 4.74. The highest BCUT2D eigenvalue weighted by Crippen LogP contribution is 2.39. The molecule has 0 radical (unpaired) electrons. The zero-order valence-electron chi connectivity index (χ0n) is 16.3. The van der Waals surface area contributed by atoms with Gasteiger partial charge in [-0.3, -0.25) is 4.79 Å². The molecular weight excluding hydrogens is 348 g/mol. The SMILES string of the molecule is Cc1ccccc1/C=C1\Oc2c(ccc(OCc3ccccc3C)c2C)C1=O. The van der Waals surface area contributed by atoms with Crippen LogP contribution in [0.4, 0.5) is 0 Å². The third-order valence-electron chi connectivity index (χ3n) is 5.16. The Morgan fingerprint density at radius 1 is 0.893 bits per heavy atom. The van der Waals surface area contributed by atoms with E-state index in [0.29, 0.717) is 23.7 Å². The van der Waals surface area contributed by atoms with Crippen molar-refractivity contribution in [3.8, 4) is 11.5 Å². The van der Waals surface area contributed by atoms with E-state index >= 15 is 0 Å². The molecule has 0 bridgehead atoms. The molecule has 0 saturated heterocycles. The first-order valence-corrected chi connectivity index (χ1v) is 9.35. The molecule has 0 fully saturated rings. The highest BCUT2D eigenvalue weighted by molar-refractivity contribution is 6.15. The standard InChI is InChI=1S/C25H22O3/c1-16-8-4-6-10-19(16)14-23-24(26)21-12-13-22(18(3)25(21)28-23)27-15-20-11-7-5-9-17(20)2/h4-14H,15H2,1-3H3/b23-14-. The molecule has 3 heteroatoms. The molecule has 0 spiro atoms. The van der Waals surface area contributed by atoms with E-state index in [4.69, 9.17) is 9.47 Å². The first-order chi connectivity index (χ1) is 13.5.